The van der Waals surface area contributed by atoms with Crippen molar-refractivity contribution < 1.29 is 14.6 Å². The van der Waals surface area contributed by atoms with Crippen LogP contribution in [0.4, 0.5) is 0 Å². The zero-order valence-electron chi connectivity index (χ0n) is 13.7. The maximum Gasteiger partial charge on any atom is 0.252 e. The van der Waals surface area contributed by atoms with Crippen molar-refractivity contribution in [3.63, 3.8) is 0 Å². The van der Waals surface area contributed by atoms with E-state index in [1.165, 1.54) is 6.07 Å². The summed E-state index contributed by atoms with van der Waals surface area (Å²) in [5.41, 5.74) is 1.32. The van der Waals surface area contributed by atoms with Crippen LogP contribution in [0.2, 0.25) is 0 Å². The topological polar surface area (TPSA) is 104 Å². The van der Waals surface area contributed by atoms with Crippen molar-refractivity contribution in [3.8, 4) is 5.75 Å². The Morgan fingerprint density at radius 2 is 2.12 bits per heavy atom. The van der Waals surface area contributed by atoms with E-state index in [1.54, 1.807) is 13.0 Å². The fraction of sp³-hybridized carbons (Fsp3) is 0.353. The summed E-state index contributed by atoms with van der Waals surface area (Å²) in [6.45, 7) is 3.74. The van der Waals surface area contributed by atoms with Crippen molar-refractivity contribution in [3.05, 3.63) is 57.8 Å². The zero-order valence-corrected chi connectivity index (χ0v) is 13.7. The number of carbonyl (C=O) groups excluding carboxylic acids is 1. The highest BCUT2D eigenvalue weighted by Crippen LogP contribution is 2.16. The molecule has 0 radical (unpaired) electrons. The predicted octanol–water partition coefficient (Wildman–Crippen LogP) is 0.485. The van der Waals surface area contributed by atoms with Crippen LogP contribution in [0, 0.1) is 13.8 Å². The largest absolute Gasteiger partial charge is 0.490 e. The van der Waals surface area contributed by atoms with E-state index in [2.05, 4.69) is 15.3 Å². The quantitative estimate of drug-likeness (QED) is 0.685. The molecule has 2 aromatic rings. The van der Waals surface area contributed by atoms with E-state index in [9.17, 15) is 14.7 Å². The summed E-state index contributed by atoms with van der Waals surface area (Å²) in [6, 6.07) is 8.77. The summed E-state index contributed by atoms with van der Waals surface area (Å²) < 4.78 is 5.45. The number of para-hydroxylation sites is 1. The number of hydrogen-bond donors (Lipinski definition) is 3. The Balaban J connectivity index is 1.77. The standard InChI is InChI=1S/C17H21N3O4/c1-11-5-3-4-6-14(11)24-10-13(21)17(23)18-8-7-15-19-12(2)9-16(22)20-15/h3-6,9,13,21H,7-8,10H2,1-2H3,(H,18,23)(H,19,20,22)/t13-/m1/s1. The minimum atomic E-state index is -1.27. The van der Waals surface area contributed by atoms with Gasteiger partial charge in [0.15, 0.2) is 6.10 Å². The third-order valence-electron chi connectivity index (χ3n) is 3.37. The van der Waals surface area contributed by atoms with Crippen LogP contribution in [0.3, 0.4) is 0 Å². The highest BCUT2D eigenvalue weighted by molar-refractivity contribution is 5.80. The minimum Gasteiger partial charge on any atom is -0.490 e. The summed E-state index contributed by atoms with van der Waals surface area (Å²) >= 11 is 0. The molecule has 1 aromatic heterocycles. The molecule has 1 atom stereocenters. The molecule has 24 heavy (non-hydrogen) atoms. The summed E-state index contributed by atoms with van der Waals surface area (Å²) in [6.07, 6.45) is -0.900. The summed E-state index contributed by atoms with van der Waals surface area (Å²) in [5.74, 6) is 0.593. The minimum absolute atomic E-state index is 0.129. The molecule has 128 valence electrons. The van der Waals surface area contributed by atoms with E-state index in [0.29, 0.717) is 23.7 Å². The maximum atomic E-state index is 11.8. The number of aliphatic hydroxyl groups is 1. The van der Waals surface area contributed by atoms with Crippen LogP contribution < -0.4 is 15.6 Å². The lowest BCUT2D eigenvalue weighted by Crippen LogP contribution is -2.39. The Hall–Kier alpha value is -2.67. The number of nitrogens with one attached hydrogen (secondary N) is 2. The number of ether oxygens (including phenoxy) is 1. The lowest BCUT2D eigenvalue weighted by atomic mass is 10.2. The van der Waals surface area contributed by atoms with E-state index in [-0.39, 0.29) is 18.7 Å². The molecule has 0 aliphatic heterocycles. The molecule has 0 spiro atoms. The second kappa shape index (κ2) is 8.26. The molecule has 1 amide bonds. The van der Waals surface area contributed by atoms with Crippen molar-refractivity contribution >= 4 is 5.91 Å². The van der Waals surface area contributed by atoms with Gasteiger partial charge < -0.3 is 20.1 Å². The van der Waals surface area contributed by atoms with Crippen molar-refractivity contribution in [1.82, 2.24) is 15.3 Å². The predicted molar refractivity (Wildman–Crippen MR) is 89.0 cm³/mol. The Morgan fingerprint density at radius 1 is 1.38 bits per heavy atom. The monoisotopic (exact) mass is 331 g/mol. The molecule has 0 aliphatic carbocycles. The first-order chi connectivity index (χ1) is 11.5. The van der Waals surface area contributed by atoms with Gasteiger partial charge in [0.25, 0.3) is 11.5 Å². The molecular formula is C17H21N3O4. The van der Waals surface area contributed by atoms with Crippen LogP contribution in [0.15, 0.2) is 35.1 Å². The number of aromatic amines is 1. The van der Waals surface area contributed by atoms with Gasteiger partial charge in [0.05, 0.1) is 0 Å². The van der Waals surface area contributed by atoms with Crippen LogP contribution >= 0.6 is 0 Å². The number of aromatic nitrogens is 2. The normalized spacial score (nSPS) is 11.8. The number of H-pyrrole nitrogens is 1. The number of rotatable bonds is 7. The molecule has 0 aliphatic rings. The lowest BCUT2D eigenvalue weighted by Gasteiger charge is -2.14. The van der Waals surface area contributed by atoms with Crippen molar-refractivity contribution in [1.29, 1.82) is 0 Å². The van der Waals surface area contributed by atoms with Gasteiger partial charge in [0, 0.05) is 24.7 Å². The molecule has 0 saturated heterocycles. The number of carbonyl (C=O) groups is 1. The Kier molecular flexibility index (Phi) is 6.08. The Labute approximate surface area is 139 Å². The molecule has 0 fully saturated rings. The second-order valence-electron chi connectivity index (χ2n) is 5.47. The molecule has 2 rings (SSSR count). The number of aryl methyl sites for hydroxylation is 2. The number of hydrogen-bond acceptors (Lipinski definition) is 5. The number of nitrogens with zero attached hydrogens (tertiary/aromatic N) is 1. The summed E-state index contributed by atoms with van der Waals surface area (Å²) in [5, 5.41) is 12.4. The van der Waals surface area contributed by atoms with Crippen LogP contribution in [0.1, 0.15) is 17.1 Å². The van der Waals surface area contributed by atoms with Gasteiger partial charge in [-0.05, 0) is 25.5 Å². The van der Waals surface area contributed by atoms with Crippen LogP contribution in [-0.4, -0.2) is 40.2 Å². The smallest absolute Gasteiger partial charge is 0.252 e. The van der Waals surface area contributed by atoms with Gasteiger partial charge in [-0.1, -0.05) is 18.2 Å². The average Bonchev–Trinajstić information content (AvgIpc) is 2.52. The van der Waals surface area contributed by atoms with Gasteiger partial charge in [0.1, 0.15) is 18.2 Å². The highest BCUT2D eigenvalue weighted by Gasteiger charge is 2.15. The highest BCUT2D eigenvalue weighted by atomic mass is 16.5. The van der Waals surface area contributed by atoms with Gasteiger partial charge in [0.2, 0.25) is 0 Å². The average molecular weight is 331 g/mol. The molecule has 0 unspecified atom stereocenters. The first kappa shape index (κ1) is 17.7. The third kappa shape index (κ3) is 5.20. The third-order valence-corrected chi connectivity index (χ3v) is 3.37. The summed E-state index contributed by atoms with van der Waals surface area (Å²) in [4.78, 5) is 29.9. The fourth-order valence-corrected chi connectivity index (χ4v) is 2.14. The Morgan fingerprint density at radius 3 is 2.83 bits per heavy atom. The van der Waals surface area contributed by atoms with Gasteiger partial charge in [-0.2, -0.15) is 0 Å². The van der Waals surface area contributed by atoms with E-state index in [1.807, 2.05) is 25.1 Å². The molecule has 1 heterocycles. The van der Waals surface area contributed by atoms with E-state index in [4.69, 9.17) is 4.74 Å². The second-order valence-corrected chi connectivity index (χ2v) is 5.47. The Bertz CT molecular complexity index is 757. The van der Waals surface area contributed by atoms with Crippen molar-refractivity contribution in [2.45, 2.75) is 26.4 Å². The number of aliphatic hydroxyl groups excluding tert-OH is 1. The van der Waals surface area contributed by atoms with E-state index < -0.39 is 12.0 Å². The maximum absolute atomic E-state index is 11.8. The molecule has 7 heteroatoms. The van der Waals surface area contributed by atoms with Gasteiger partial charge in [-0.15, -0.1) is 0 Å². The zero-order chi connectivity index (χ0) is 17.5. The van der Waals surface area contributed by atoms with Gasteiger partial charge in [-0.25, -0.2) is 4.98 Å². The first-order valence-electron chi connectivity index (χ1n) is 7.67. The van der Waals surface area contributed by atoms with Gasteiger partial charge in [-0.3, -0.25) is 9.59 Å². The van der Waals surface area contributed by atoms with E-state index in [0.717, 1.165) is 5.56 Å². The molecule has 7 nitrogen and oxygen atoms in total. The number of amides is 1. The molecular weight excluding hydrogens is 310 g/mol. The fourth-order valence-electron chi connectivity index (χ4n) is 2.14. The first-order valence-corrected chi connectivity index (χ1v) is 7.67. The molecule has 0 bridgehead atoms. The van der Waals surface area contributed by atoms with Crippen LogP contribution in [0.25, 0.3) is 0 Å². The summed E-state index contributed by atoms with van der Waals surface area (Å²) in [7, 11) is 0. The molecule has 0 saturated carbocycles. The van der Waals surface area contributed by atoms with Gasteiger partial charge >= 0.3 is 0 Å². The number of benzene rings is 1. The van der Waals surface area contributed by atoms with Crippen LogP contribution in [0.5, 0.6) is 5.75 Å². The van der Waals surface area contributed by atoms with Crippen molar-refractivity contribution in [2.75, 3.05) is 13.2 Å². The van der Waals surface area contributed by atoms with Crippen molar-refractivity contribution in [2.24, 2.45) is 0 Å². The van der Waals surface area contributed by atoms with E-state index >= 15 is 0 Å². The molecule has 3 N–H and O–H groups in total. The SMILES string of the molecule is Cc1cc(=O)[nH]c(CCNC(=O)[C@H](O)COc2ccccc2C)n1. The molecule has 1 aromatic carbocycles. The lowest BCUT2D eigenvalue weighted by molar-refractivity contribution is -0.130. The van der Waals surface area contributed by atoms with Crippen LogP contribution in [-0.2, 0) is 11.2 Å².